The quantitative estimate of drug-likeness (QED) is 0.897. The van der Waals surface area contributed by atoms with Crippen molar-refractivity contribution >= 4 is 0 Å². The van der Waals surface area contributed by atoms with Crippen LogP contribution in [0, 0.1) is 5.41 Å². The molecule has 1 aromatic rings. The summed E-state index contributed by atoms with van der Waals surface area (Å²) >= 11 is 0. The number of aliphatic hydroxyl groups excluding tert-OH is 1. The van der Waals surface area contributed by atoms with Crippen LogP contribution in [0.5, 0.6) is 0 Å². The fourth-order valence-corrected chi connectivity index (χ4v) is 3.40. The molecule has 1 heterocycles. The Hall–Kier alpha value is -1.07. The van der Waals surface area contributed by atoms with Crippen LogP contribution in [0.2, 0.25) is 0 Å². The van der Waals surface area contributed by atoms with E-state index in [-0.39, 0.29) is 17.4 Å². The van der Waals surface area contributed by atoms with Crippen LogP contribution >= 0.6 is 0 Å². The number of halogens is 3. The Bertz CT molecular complexity index is 466. The van der Waals surface area contributed by atoms with Gasteiger partial charge in [-0.05, 0) is 30.5 Å². The summed E-state index contributed by atoms with van der Waals surface area (Å²) < 4.78 is 42.7. The number of rotatable bonds is 2. The van der Waals surface area contributed by atoms with E-state index in [2.05, 4.69) is 0 Å². The molecule has 1 aliphatic carbocycles. The molecule has 0 aromatic heterocycles. The molecular formula is C14H15F3O2. The molecule has 5 heteroatoms. The summed E-state index contributed by atoms with van der Waals surface area (Å²) in [7, 11) is 0. The van der Waals surface area contributed by atoms with Crippen LogP contribution in [0.25, 0.3) is 0 Å². The lowest BCUT2D eigenvalue weighted by atomic mass is 9.50. The molecule has 2 fully saturated rings. The minimum atomic E-state index is -4.31. The lowest BCUT2D eigenvalue weighted by Crippen LogP contribution is -2.61. The van der Waals surface area contributed by atoms with E-state index < -0.39 is 11.7 Å². The maximum absolute atomic E-state index is 12.5. The van der Waals surface area contributed by atoms with E-state index in [0.29, 0.717) is 13.2 Å². The predicted molar refractivity (Wildman–Crippen MR) is 62.7 cm³/mol. The van der Waals surface area contributed by atoms with Crippen molar-refractivity contribution in [1.82, 2.24) is 0 Å². The van der Waals surface area contributed by atoms with E-state index in [0.717, 1.165) is 30.5 Å². The molecule has 104 valence electrons. The van der Waals surface area contributed by atoms with Crippen molar-refractivity contribution in [2.45, 2.75) is 24.4 Å². The SMILES string of the molecule is OCC1(c2ccc(C(F)(F)F)cc2)CC2(COC2)C1. The molecular weight excluding hydrogens is 257 g/mol. The molecule has 0 atom stereocenters. The minimum absolute atomic E-state index is 0.0277. The van der Waals surface area contributed by atoms with Gasteiger partial charge in [-0.2, -0.15) is 13.2 Å². The van der Waals surface area contributed by atoms with Crippen molar-refractivity contribution in [2.24, 2.45) is 5.41 Å². The highest BCUT2D eigenvalue weighted by molar-refractivity contribution is 5.35. The first-order chi connectivity index (χ1) is 8.89. The third-order valence-electron chi connectivity index (χ3n) is 4.37. The molecule has 1 N–H and O–H groups in total. The van der Waals surface area contributed by atoms with Crippen LogP contribution < -0.4 is 0 Å². The van der Waals surface area contributed by atoms with Gasteiger partial charge in [-0.1, -0.05) is 12.1 Å². The second kappa shape index (κ2) is 3.96. The largest absolute Gasteiger partial charge is 0.416 e. The highest BCUT2D eigenvalue weighted by Crippen LogP contribution is 2.59. The van der Waals surface area contributed by atoms with Gasteiger partial charge < -0.3 is 9.84 Å². The Balaban J connectivity index is 1.81. The van der Waals surface area contributed by atoms with Gasteiger partial charge in [-0.15, -0.1) is 0 Å². The second-order valence-corrected chi connectivity index (χ2v) is 5.86. The third-order valence-corrected chi connectivity index (χ3v) is 4.37. The fourth-order valence-electron chi connectivity index (χ4n) is 3.40. The van der Waals surface area contributed by atoms with E-state index in [4.69, 9.17) is 4.74 Å². The van der Waals surface area contributed by atoms with Gasteiger partial charge in [0.25, 0.3) is 0 Å². The molecule has 2 aliphatic rings. The number of benzene rings is 1. The van der Waals surface area contributed by atoms with Crippen molar-refractivity contribution in [3.8, 4) is 0 Å². The molecule has 19 heavy (non-hydrogen) atoms. The Kier molecular flexibility index (Phi) is 2.70. The van der Waals surface area contributed by atoms with Gasteiger partial charge in [-0.25, -0.2) is 0 Å². The first-order valence-corrected chi connectivity index (χ1v) is 6.26. The molecule has 1 aliphatic heterocycles. The van der Waals surface area contributed by atoms with Crippen LogP contribution in [0.3, 0.4) is 0 Å². The summed E-state index contributed by atoms with van der Waals surface area (Å²) in [6, 6.07) is 5.17. The minimum Gasteiger partial charge on any atom is -0.395 e. The summed E-state index contributed by atoms with van der Waals surface area (Å²) in [6.45, 7) is 1.38. The van der Waals surface area contributed by atoms with Crippen molar-refractivity contribution < 1.29 is 23.0 Å². The number of ether oxygens (including phenoxy) is 1. The molecule has 1 spiro atoms. The summed E-state index contributed by atoms with van der Waals surface area (Å²) in [6.07, 6.45) is -2.72. The summed E-state index contributed by atoms with van der Waals surface area (Å²) in [5.74, 6) is 0. The van der Waals surface area contributed by atoms with Gasteiger partial charge in [0, 0.05) is 10.8 Å². The number of alkyl halides is 3. The summed E-state index contributed by atoms with van der Waals surface area (Å²) in [5, 5.41) is 9.61. The van der Waals surface area contributed by atoms with Crippen molar-refractivity contribution in [2.75, 3.05) is 19.8 Å². The van der Waals surface area contributed by atoms with Crippen molar-refractivity contribution in [1.29, 1.82) is 0 Å². The zero-order chi connectivity index (χ0) is 13.7. The third kappa shape index (κ3) is 1.96. The van der Waals surface area contributed by atoms with Gasteiger partial charge in [0.2, 0.25) is 0 Å². The highest BCUT2D eigenvalue weighted by Gasteiger charge is 2.58. The van der Waals surface area contributed by atoms with Gasteiger partial charge in [-0.3, -0.25) is 0 Å². The monoisotopic (exact) mass is 272 g/mol. The Morgan fingerprint density at radius 3 is 2.05 bits per heavy atom. The second-order valence-electron chi connectivity index (χ2n) is 5.86. The van der Waals surface area contributed by atoms with E-state index >= 15 is 0 Å². The van der Waals surface area contributed by atoms with Crippen molar-refractivity contribution in [3.63, 3.8) is 0 Å². The molecule has 0 bridgehead atoms. The molecule has 1 saturated heterocycles. The lowest BCUT2D eigenvalue weighted by molar-refractivity contribution is -0.195. The van der Waals surface area contributed by atoms with Gasteiger partial charge in [0.05, 0.1) is 25.4 Å². The van der Waals surface area contributed by atoms with Crippen LogP contribution in [0.1, 0.15) is 24.0 Å². The van der Waals surface area contributed by atoms with Crippen molar-refractivity contribution in [3.05, 3.63) is 35.4 Å². The van der Waals surface area contributed by atoms with Gasteiger partial charge in [0.1, 0.15) is 0 Å². The first kappa shape index (κ1) is 12.9. The maximum atomic E-state index is 12.5. The predicted octanol–water partition coefficient (Wildman–Crippen LogP) is 2.75. The standard InChI is InChI=1S/C14H15F3O2/c15-14(16,17)11-3-1-10(2-4-11)13(7-18)5-12(6-13)8-19-9-12/h1-4,18H,5-9H2. The molecule has 0 radical (unpaired) electrons. The van der Waals surface area contributed by atoms with Crippen LogP contribution in [0.4, 0.5) is 13.2 Å². The molecule has 2 nitrogen and oxygen atoms in total. The fraction of sp³-hybridized carbons (Fsp3) is 0.571. The van der Waals surface area contributed by atoms with E-state index in [1.165, 1.54) is 12.1 Å². The van der Waals surface area contributed by atoms with E-state index in [9.17, 15) is 18.3 Å². The Morgan fingerprint density at radius 1 is 1.11 bits per heavy atom. The molecule has 0 amide bonds. The zero-order valence-electron chi connectivity index (χ0n) is 10.3. The average Bonchev–Trinajstić information content (AvgIpc) is 2.26. The smallest absolute Gasteiger partial charge is 0.395 e. The maximum Gasteiger partial charge on any atom is 0.416 e. The topological polar surface area (TPSA) is 29.5 Å². The molecule has 1 aromatic carbocycles. The first-order valence-electron chi connectivity index (χ1n) is 6.26. The van der Waals surface area contributed by atoms with Gasteiger partial charge >= 0.3 is 6.18 Å². The summed E-state index contributed by atoms with van der Waals surface area (Å²) in [5.41, 5.74) is -0.0785. The highest BCUT2D eigenvalue weighted by atomic mass is 19.4. The Morgan fingerprint density at radius 2 is 1.68 bits per heavy atom. The van der Waals surface area contributed by atoms with Crippen LogP contribution in [-0.2, 0) is 16.3 Å². The van der Waals surface area contributed by atoms with Gasteiger partial charge in [0.15, 0.2) is 0 Å². The van der Waals surface area contributed by atoms with E-state index in [1.54, 1.807) is 0 Å². The van der Waals surface area contributed by atoms with Crippen LogP contribution in [-0.4, -0.2) is 24.9 Å². The Labute approximate surface area is 109 Å². The lowest BCUT2D eigenvalue weighted by Gasteiger charge is -2.60. The number of aliphatic hydroxyl groups is 1. The zero-order valence-corrected chi connectivity index (χ0v) is 10.3. The summed E-state index contributed by atoms with van der Waals surface area (Å²) in [4.78, 5) is 0. The van der Waals surface area contributed by atoms with Crippen LogP contribution in [0.15, 0.2) is 24.3 Å². The number of hydrogen-bond donors (Lipinski definition) is 1. The van der Waals surface area contributed by atoms with E-state index in [1.807, 2.05) is 0 Å². The molecule has 3 rings (SSSR count). The average molecular weight is 272 g/mol. The normalized spacial score (nSPS) is 23.8. The molecule has 1 saturated carbocycles. The number of hydrogen-bond acceptors (Lipinski definition) is 2. The molecule has 0 unspecified atom stereocenters.